The van der Waals surface area contributed by atoms with Crippen molar-refractivity contribution in [1.82, 2.24) is 4.90 Å². The van der Waals surface area contributed by atoms with Crippen molar-refractivity contribution < 1.29 is 9.59 Å². The molecular weight excluding hydrogens is 312 g/mol. The summed E-state index contributed by atoms with van der Waals surface area (Å²) in [6.07, 6.45) is 2.88. The van der Waals surface area contributed by atoms with Crippen molar-refractivity contribution in [2.24, 2.45) is 0 Å². The van der Waals surface area contributed by atoms with E-state index in [1.807, 2.05) is 49.4 Å². The van der Waals surface area contributed by atoms with Crippen molar-refractivity contribution in [2.75, 3.05) is 18.9 Å². The van der Waals surface area contributed by atoms with Crippen LogP contribution in [0.1, 0.15) is 35.4 Å². The van der Waals surface area contributed by atoms with Crippen LogP contribution in [0, 0.1) is 6.92 Å². The molecule has 2 aromatic carbocycles. The maximum atomic E-state index is 12.8. The summed E-state index contributed by atoms with van der Waals surface area (Å²) in [7, 11) is 1.70. The summed E-state index contributed by atoms with van der Waals surface area (Å²) in [5.41, 5.74) is 4.26. The number of nitrogens with one attached hydrogen (secondary N) is 1. The van der Waals surface area contributed by atoms with E-state index in [2.05, 4.69) is 11.4 Å². The van der Waals surface area contributed by atoms with Crippen LogP contribution in [0.3, 0.4) is 0 Å². The van der Waals surface area contributed by atoms with Crippen LogP contribution in [-0.2, 0) is 16.0 Å². The van der Waals surface area contributed by atoms with E-state index in [0.717, 1.165) is 36.1 Å². The predicted molar refractivity (Wildman–Crippen MR) is 99.6 cm³/mol. The molecular formula is C21H24N2O2. The number of hydrogen-bond donors (Lipinski definition) is 1. The Kier molecular flexibility index (Phi) is 5.17. The van der Waals surface area contributed by atoms with Crippen LogP contribution in [0.25, 0.3) is 0 Å². The first-order valence-corrected chi connectivity index (χ1v) is 8.74. The topological polar surface area (TPSA) is 49.4 Å². The van der Waals surface area contributed by atoms with Crippen molar-refractivity contribution >= 4 is 17.5 Å². The van der Waals surface area contributed by atoms with Gasteiger partial charge in [-0.05, 0) is 49.4 Å². The van der Waals surface area contributed by atoms with Gasteiger partial charge in [-0.25, -0.2) is 0 Å². The molecule has 2 aromatic rings. The third kappa shape index (κ3) is 4.08. The molecule has 0 fully saturated rings. The lowest BCUT2D eigenvalue weighted by Gasteiger charge is -2.28. The minimum atomic E-state index is -0.177. The number of rotatable bonds is 4. The van der Waals surface area contributed by atoms with Crippen molar-refractivity contribution in [3.63, 3.8) is 0 Å². The highest BCUT2D eigenvalue weighted by molar-refractivity contribution is 5.95. The lowest BCUT2D eigenvalue weighted by molar-refractivity contribution is -0.134. The fraction of sp³-hybridized carbons (Fsp3) is 0.333. The molecule has 0 saturated carbocycles. The summed E-state index contributed by atoms with van der Waals surface area (Å²) in [6.45, 7) is 2.06. The number of aryl methyl sites for hydroxylation is 2. The normalized spacial score (nSPS) is 16.0. The standard InChI is InChI=1S/C21H24N2O2/c1-15-10-12-17(13-11-15)22-20(24)14-23(2)21(25)19-9-5-7-16-6-3-4-8-18(16)19/h3-4,6,8,10-13,19H,5,7,9,14H2,1-2H3,(H,22,24)/t19-/m1/s1. The van der Waals surface area contributed by atoms with Gasteiger partial charge in [-0.3, -0.25) is 9.59 Å². The van der Waals surface area contributed by atoms with Crippen molar-refractivity contribution in [3.8, 4) is 0 Å². The van der Waals surface area contributed by atoms with Gasteiger partial charge in [0.15, 0.2) is 0 Å². The molecule has 0 aromatic heterocycles. The average molecular weight is 336 g/mol. The second-order valence-corrected chi connectivity index (χ2v) is 6.75. The minimum Gasteiger partial charge on any atom is -0.336 e. The number of anilines is 1. The molecule has 1 aliphatic rings. The van der Waals surface area contributed by atoms with Crippen LogP contribution < -0.4 is 5.32 Å². The molecule has 1 aliphatic carbocycles. The fourth-order valence-electron chi connectivity index (χ4n) is 3.41. The summed E-state index contributed by atoms with van der Waals surface area (Å²) in [6, 6.07) is 15.8. The number of likely N-dealkylation sites (N-methyl/N-ethyl adjacent to an activating group) is 1. The molecule has 25 heavy (non-hydrogen) atoms. The SMILES string of the molecule is Cc1ccc(NC(=O)CN(C)C(=O)[C@@H]2CCCc3ccccc32)cc1. The predicted octanol–water partition coefficient (Wildman–Crippen LogP) is 3.51. The van der Waals surface area contributed by atoms with Crippen LogP contribution >= 0.6 is 0 Å². The molecule has 3 rings (SSSR count). The highest BCUT2D eigenvalue weighted by atomic mass is 16.2. The summed E-state index contributed by atoms with van der Waals surface area (Å²) in [5, 5.41) is 2.84. The van der Waals surface area contributed by atoms with Crippen molar-refractivity contribution in [3.05, 3.63) is 65.2 Å². The van der Waals surface area contributed by atoms with Gasteiger partial charge in [-0.15, -0.1) is 0 Å². The van der Waals surface area contributed by atoms with E-state index in [-0.39, 0.29) is 24.3 Å². The van der Waals surface area contributed by atoms with Crippen molar-refractivity contribution in [2.45, 2.75) is 32.1 Å². The van der Waals surface area contributed by atoms with Gasteiger partial charge in [0.1, 0.15) is 0 Å². The van der Waals surface area contributed by atoms with Gasteiger partial charge in [-0.2, -0.15) is 0 Å². The third-order valence-electron chi connectivity index (χ3n) is 4.76. The first kappa shape index (κ1) is 17.2. The second-order valence-electron chi connectivity index (χ2n) is 6.75. The molecule has 1 N–H and O–H groups in total. The maximum absolute atomic E-state index is 12.8. The first-order chi connectivity index (χ1) is 12.0. The van der Waals surface area contributed by atoms with Gasteiger partial charge < -0.3 is 10.2 Å². The van der Waals surface area contributed by atoms with Crippen LogP contribution in [0.5, 0.6) is 0 Å². The summed E-state index contributed by atoms with van der Waals surface area (Å²) < 4.78 is 0. The number of amides is 2. The molecule has 0 spiro atoms. The lowest BCUT2D eigenvalue weighted by Crippen LogP contribution is -2.38. The molecule has 4 heteroatoms. The highest BCUT2D eigenvalue weighted by Crippen LogP contribution is 2.32. The fourth-order valence-corrected chi connectivity index (χ4v) is 3.41. The lowest BCUT2D eigenvalue weighted by atomic mass is 9.82. The smallest absolute Gasteiger partial charge is 0.243 e. The van der Waals surface area contributed by atoms with Crippen molar-refractivity contribution in [1.29, 1.82) is 0 Å². The van der Waals surface area contributed by atoms with Gasteiger partial charge in [-0.1, -0.05) is 42.0 Å². The van der Waals surface area contributed by atoms with E-state index in [1.54, 1.807) is 7.05 Å². The third-order valence-corrected chi connectivity index (χ3v) is 4.76. The zero-order valence-electron chi connectivity index (χ0n) is 14.8. The molecule has 0 unspecified atom stereocenters. The largest absolute Gasteiger partial charge is 0.336 e. The van der Waals surface area contributed by atoms with Crippen LogP contribution in [0.2, 0.25) is 0 Å². The maximum Gasteiger partial charge on any atom is 0.243 e. The number of carbonyl (C=O) groups excluding carboxylic acids is 2. The number of carbonyl (C=O) groups is 2. The quantitative estimate of drug-likeness (QED) is 0.929. The Morgan fingerprint density at radius 2 is 1.84 bits per heavy atom. The number of nitrogens with zero attached hydrogens (tertiary/aromatic N) is 1. The van der Waals surface area contributed by atoms with E-state index in [4.69, 9.17) is 0 Å². The average Bonchev–Trinajstić information content (AvgIpc) is 2.62. The van der Waals surface area contributed by atoms with E-state index >= 15 is 0 Å². The van der Waals surface area contributed by atoms with Gasteiger partial charge in [0.2, 0.25) is 11.8 Å². The molecule has 0 bridgehead atoms. The summed E-state index contributed by atoms with van der Waals surface area (Å²) in [4.78, 5) is 26.6. The molecule has 130 valence electrons. The Hall–Kier alpha value is -2.62. The number of fused-ring (bicyclic) bond motifs is 1. The van der Waals surface area contributed by atoms with Gasteiger partial charge in [0.25, 0.3) is 0 Å². The van der Waals surface area contributed by atoms with Gasteiger partial charge in [0.05, 0.1) is 12.5 Å². The van der Waals surface area contributed by atoms with E-state index in [1.165, 1.54) is 10.5 Å². The molecule has 0 heterocycles. The van der Waals surface area contributed by atoms with E-state index in [9.17, 15) is 9.59 Å². The van der Waals surface area contributed by atoms with E-state index < -0.39 is 0 Å². The number of benzene rings is 2. The molecule has 4 nitrogen and oxygen atoms in total. The Labute approximate surface area is 148 Å². The summed E-state index contributed by atoms with van der Waals surface area (Å²) >= 11 is 0. The Morgan fingerprint density at radius 3 is 2.60 bits per heavy atom. The van der Waals surface area contributed by atoms with Crippen LogP contribution in [-0.4, -0.2) is 30.3 Å². The van der Waals surface area contributed by atoms with Gasteiger partial charge >= 0.3 is 0 Å². The Bertz CT molecular complexity index is 768. The Morgan fingerprint density at radius 1 is 1.12 bits per heavy atom. The van der Waals surface area contributed by atoms with Crippen LogP contribution in [0.4, 0.5) is 5.69 Å². The molecule has 0 saturated heterocycles. The zero-order valence-corrected chi connectivity index (χ0v) is 14.8. The monoisotopic (exact) mass is 336 g/mol. The second kappa shape index (κ2) is 7.51. The van der Waals surface area contributed by atoms with E-state index in [0.29, 0.717) is 0 Å². The molecule has 0 aliphatic heterocycles. The molecule has 0 radical (unpaired) electrons. The molecule has 2 amide bonds. The summed E-state index contributed by atoms with van der Waals surface area (Å²) in [5.74, 6) is -0.294. The Balaban J connectivity index is 1.63. The first-order valence-electron chi connectivity index (χ1n) is 8.74. The highest BCUT2D eigenvalue weighted by Gasteiger charge is 2.29. The minimum absolute atomic E-state index is 0.0196. The zero-order chi connectivity index (χ0) is 17.8. The number of hydrogen-bond acceptors (Lipinski definition) is 2. The van der Waals surface area contributed by atoms with Gasteiger partial charge in [0, 0.05) is 12.7 Å². The molecule has 1 atom stereocenters. The van der Waals surface area contributed by atoms with Crippen LogP contribution in [0.15, 0.2) is 48.5 Å².